The van der Waals surface area contributed by atoms with Crippen LogP contribution in [0.5, 0.6) is 0 Å². The molecule has 0 bridgehead atoms. The third-order valence-electron chi connectivity index (χ3n) is 4.99. The lowest BCUT2D eigenvalue weighted by molar-refractivity contribution is 0.275. The van der Waals surface area contributed by atoms with E-state index in [1.54, 1.807) is 0 Å². The number of hydrogen-bond donors (Lipinski definition) is 3. The molecule has 2 aromatic rings. The SMILES string of the molecule is CCNC(=S)Nc1ccc2[nH]nc(C3=CCN4CCCC4C3)c2c1. The van der Waals surface area contributed by atoms with Crippen LogP contribution in [0.4, 0.5) is 5.69 Å². The summed E-state index contributed by atoms with van der Waals surface area (Å²) < 4.78 is 0. The van der Waals surface area contributed by atoms with Gasteiger partial charge in [-0.05, 0) is 68.7 Å². The minimum absolute atomic E-state index is 0.653. The van der Waals surface area contributed by atoms with Crippen LogP contribution in [-0.4, -0.2) is 45.9 Å². The summed E-state index contributed by atoms with van der Waals surface area (Å²) >= 11 is 5.28. The number of rotatable bonds is 3. The lowest BCUT2D eigenvalue weighted by Crippen LogP contribution is -2.32. The van der Waals surface area contributed by atoms with Crippen molar-refractivity contribution < 1.29 is 0 Å². The minimum Gasteiger partial charge on any atom is -0.363 e. The summed E-state index contributed by atoms with van der Waals surface area (Å²) in [7, 11) is 0. The van der Waals surface area contributed by atoms with Crippen molar-refractivity contribution in [2.24, 2.45) is 0 Å². The summed E-state index contributed by atoms with van der Waals surface area (Å²) in [5.74, 6) is 0. The molecule has 1 unspecified atom stereocenters. The number of H-pyrrole nitrogens is 1. The molecule has 6 heteroatoms. The first-order valence-electron chi connectivity index (χ1n) is 8.71. The zero-order chi connectivity index (χ0) is 16.5. The van der Waals surface area contributed by atoms with Crippen LogP contribution >= 0.6 is 12.2 Å². The van der Waals surface area contributed by atoms with Gasteiger partial charge < -0.3 is 10.6 Å². The standard InChI is InChI=1S/C18H23N5S/c1-2-19-18(24)20-13-5-6-16-15(11-13)17(22-21-16)12-7-9-23-8-3-4-14(23)10-12/h5-7,11,14H,2-4,8-10H2,1H3,(H,21,22)(H2,19,20,24). The Morgan fingerprint density at radius 1 is 1.46 bits per heavy atom. The van der Waals surface area contributed by atoms with Gasteiger partial charge in [0.25, 0.3) is 0 Å². The van der Waals surface area contributed by atoms with Gasteiger partial charge in [-0.25, -0.2) is 0 Å². The summed E-state index contributed by atoms with van der Waals surface area (Å²) in [5, 5.41) is 16.0. The summed E-state index contributed by atoms with van der Waals surface area (Å²) in [4.78, 5) is 2.58. The second kappa shape index (κ2) is 6.53. The Morgan fingerprint density at radius 2 is 2.38 bits per heavy atom. The third-order valence-corrected chi connectivity index (χ3v) is 5.24. The van der Waals surface area contributed by atoms with Gasteiger partial charge in [0.05, 0.1) is 11.2 Å². The molecule has 3 N–H and O–H groups in total. The molecule has 1 saturated heterocycles. The molecule has 2 aliphatic heterocycles. The van der Waals surface area contributed by atoms with Crippen LogP contribution in [0, 0.1) is 0 Å². The van der Waals surface area contributed by atoms with Crippen LogP contribution in [0.2, 0.25) is 0 Å². The Morgan fingerprint density at radius 3 is 3.25 bits per heavy atom. The Bertz CT molecular complexity index is 794. The quantitative estimate of drug-likeness (QED) is 0.749. The molecule has 0 spiro atoms. The smallest absolute Gasteiger partial charge is 0.170 e. The van der Waals surface area contributed by atoms with E-state index in [2.05, 4.69) is 43.9 Å². The van der Waals surface area contributed by atoms with Crippen LogP contribution in [0.25, 0.3) is 16.5 Å². The van der Waals surface area contributed by atoms with E-state index in [0.717, 1.165) is 41.8 Å². The highest BCUT2D eigenvalue weighted by molar-refractivity contribution is 7.80. The number of thiocarbonyl (C=S) groups is 1. The van der Waals surface area contributed by atoms with Gasteiger partial charge in [0.15, 0.2) is 5.11 Å². The van der Waals surface area contributed by atoms with Crippen molar-refractivity contribution in [3.05, 3.63) is 30.0 Å². The summed E-state index contributed by atoms with van der Waals surface area (Å²) in [6, 6.07) is 6.93. The van der Waals surface area contributed by atoms with Crippen LogP contribution in [0.1, 0.15) is 31.9 Å². The minimum atomic E-state index is 0.653. The molecule has 3 heterocycles. The Labute approximate surface area is 147 Å². The van der Waals surface area contributed by atoms with Gasteiger partial charge in [0.1, 0.15) is 0 Å². The van der Waals surface area contributed by atoms with E-state index in [9.17, 15) is 0 Å². The number of anilines is 1. The van der Waals surface area contributed by atoms with Gasteiger partial charge in [0, 0.05) is 30.2 Å². The largest absolute Gasteiger partial charge is 0.363 e. The molecule has 5 nitrogen and oxygen atoms in total. The lowest BCUT2D eigenvalue weighted by atomic mass is 9.96. The molecule has 24 heavy (non-hydrogen) atoms. The van der Waals surface area contributed by atoms with Crippen molar-refractivity contribution in [3.63, 3.8) is 0 Å². The zero-order valence-electron chi connectivity index (χ0n) is 13.9. The van der Waals surface area contributed by atoms with Gasteiger partial charge in [-0.15, -0.1) is 0 Å². The number of benzene rings is 1. The number of fused-ring (bicyclic) bond motifs is 2. The van der Waals surface area contributed by atoms with Crippen molar-refractivity contribution in [2.75, 3.05) is 25.0 Å². The van der Waals surface area contributed by atoms with Crippen molar-refractivity contribution in [3.8, 4) is 0 Å². The van der Waals surface area contributed by atoms with E-state index in [-0.39, 0.29) is 0 Å². The van der Waals surface area contributed by atoms with Crippen molar-refractivity contribution in [1.82, 2.24) is 20.4 Å². The molecular weight excluding hydrogens is 318 g/mol. The average molecular weight is 341 g/mol. The maximum Gasteiger partial charge on any atom is 0.170 e. The van der Waals surface area contributed by atoms with E-state index in [4.69, 9.17) is 12.2 Å². The molecule has 1 aromatic heterocycles. The second-order valence-electron chi connectivity index (χ2n) is 6.54. The normalized spacial score (nSPS) is 20.7. The number of hydrogen-bond acceptors (Lipinski definition) is 3. The fourth-order valence-electron chi connectivity index (χ4n) is 3.80. The van der Waals surface area contributed by atoms with Crippen LogP contribution in [0.15, 0.2) is 24.3 Å². The third kappa shape index (κ3) is 2.91. The zero-order valence-corrected chi connectivity index (χ0v) is 14.7. The molecule has 0 radical (unpaired) electrons. The first-order chi connectivity index (χ1) is 11.7. The van der Waals surface area contributed by atoms with E-state index in [1.807, 2.05) is 13.0 Å². The lowest BCUT2D eigenvalue weighted by Gasteiger charge is -2.28. The molecule has 0 saturated carbocycles. The monoisotopic (exact) mass is 341 g/mol. The molecule has 1 fully saturated rings. The summed E-state index contributed by atoms with van der Waals surface area (Å²) in [6.45, 7) is 5.14. The van der Waals surface area contributed by atoms with Gasteiger partial charge in [0.2, 0.25) is 0 Å². The van der Waals surface area contributed by atoms with Crippen molar-refractivity contribution in [1.29, 1.82) is 0 Å². The molecule has 1 aromatic carbocycles. The molecule has 1 atom stereocenters. The molecule has 0 amide bonds. The highest BCUT2D eigenvalue weighted by atomic mass is 32.1. The van der Waals surface area contributed by atoms with E-state index in [1.165, 1.54) is 25.0 Å². The predicted octanol–water partition coefficient (Wildman–Crippen LogP) is 3.12. The summed E-state index contributed by atoms with van der Waals surface area (Å²) in [6.07, 6.45) is 6.08. The fraction of sp³-hybridized carbons (Fsp3) is 0.444. The maximum absolute atomic E-state index is 5.28. The van der Waals surface area contributed by atoms with E-state index >= 15 is 0 Å². The highest BCUT2D eigenvalue weighted by Gasteiger charge is 2.29. The van der Waals surface area contributed by atoms with Gasteiger partial charge >= 0.3 is 0 Å². The van der Waals surface area contributed by atoms with Crippen LogP contribution in [-0.2, 0) is 0 Å². The second-order valence-corrected chi connectivity index (χ2v) is 6.95. The number of nitrogens with one attached hydrogen (secondary N) is 3. The van der Waals surface area contributed by atoms with Gasteiger partial charge in [-0.2, -0.15) is 5.10 Å². The predicted molar refractivity (Wildman–Crippen MR) is 103 cm³/mol. The van der Waals surface area contributed by atoms with E-state index in [0.29, 0.717) is 11.2 Å². The first-order valence-corrected chi connectivity index (χ1v) is 9.12. The topological polar surface area (TPSA) is 56.0 Å². The Kier molecular flexibility index (Phi) is 4.24. The maximum atomic E-state index is 5.28. The average Bonchev–Trinajstić information content (AvgIpc) is 3.20. The van der Waals surface area contributed by atoms with E-state index < -0.39 is 0 Å². The van der Waals surface area contributed by atoms with Crippen molar-refractivity contribution in [2.45, 2.75) is 32.2 Å². The molecule has 4 rings (SSSR count). The fourth-order valence-corrected chi connectivity index (χ4v) is 4.06. The number of nitrogens with zero attached hydrogens (tertiary/aromatic N) is 2. The van der Waals surface area contributed by atoms with Gasteiger partial charge in [-0.3, -0.25) is 10.00 Å². The van der Waals surface area contributed by atoms with Crippen LogP contribution in [0.3, 0.4) is 0 Å². The number of aromatic amines is 1. The summed E-state index contributed by atoms with van der Waals surface area (Å²) in [5.41, 5.74) is 4.53. The number of aromatic nitrogens is 2. The molecule has 126 valence electrons. The Hall–Kier alpha value is -1.92. The molecule has 2 aliphatic rings. The Balaban J connectivity index is 1.62. The molecule has 0 aliphatic carbocycles. The highest BCUT2D eigenvalue weighted by Crippen LogP contribution is 2.34. The van der Waals surface area contributed by atoms with Crippen LogP contribution < -0.4 is 10.6 Å². The first kappa shape index (κ1) is 15.6. The van der Waals surface area contributed by atoms with Gasteiger partial charge in [-0.1, -0.05) is 6.08 Å². The molecular formula is C18H23N5S. The van der Waals surface area contributed by atoms with Crippen molar-refractivity contribution >= 4 is 39.5 Å².